The number of allylic oxidation sites excluding steroid dienone is 1. The molecule has 0 amide bonds. The van der Waals surface area contributed by atoms with Gasteiger partial charge in [0.1, 0.15) is 0 Å². The summed E-state index contributed by atoms with van der Waals surface area (Å²) in [5.41, 5.74) is 1.38. The Bertz CT molecular complexity index is 174. The summed E-state index contributed by atoms with van der Waals surface area (Å²) in [5.74, 6) is 0. The lowest BCUT2D eigenvalue weighted by Gasteiger charge is -2.18. The zero-order valence-electron chi connectivity index (χ0n) is 10.4. The summed E-state index contributed by atoms with van der Waals surface area (Å²) in [7, 11) is 0. The fraction of sp³-hybridized carbons (Fsp3) is 0.857. The standard InChI is InChI=1S/C14H27N/c1-3-4-5-6-7-8-9-12-15-13-10-11-14(15)2/h2-13H2,1H3. The van der Waals surface area contributed by atoms with Crippen LogP contribution in [0.1, 0.15) is 64.7 Å². The van der Waals surface area contributed by atoms with E-state index in [1.165, 1.54) is 76.6 Å². The molecule has 0 aliphatic carbocycles. The molecule has 0 aromatic rings. The molecule has 1 heteroatoms. The molecule has 1 nitrogen and oxygen atoms in total. The average molecular weight is 209 g/mol. The van der Waals surface area contributed by atoms with Crippen molar-refractivity contribution >= 4 is 0 Å². The Labute approximate surface area is 95.5 Å². The summed E-state index contributed by atoms with van der Waals surface area (Å²) in [6.45, 7) is 8.89. The molecule has 0 aromatic carbocycles. The molecule has 1 aliphatic rings. The van der Waals surface area contributed by atoms with Gasteiger partial charge in [-0.1, -0.05) is 52.0 Å². The van der Waals surface area contributed by atoms with Gasteiger partial charge in [-0.05, 0) is 19.3 Å². The third-order valence-corrected chi connectivity index (χ3v) is 3.37. The SMILES string of the molecule is C=C1CCCN1CCCCCCCCC. The van der Waals surface area contributed by atoms with Gasteiger partial charge < -0.3 is 4.90 Å². The summed E-state index contributed by atoms with van der Waals surface area (Å²) in [5, 5.41) is 0. The maximum Gasteiger partial charge on any atom is 0.0178 e. The summed E-state index contributed by atoms with van der Waals surface area (Å²) >= 11 is 0. The lowest BCUT2D eigenvalue weighted by atomic mass is 10.1. The zero-order chi connectivity index (χ0) is 10.9. The normalized spacial score (nSPS) is 16.3. The highest BCUT2D eigenvalue weighted by atomic mass is 15.1. The van der Waals surface area contributed by atoms with Crippen LogP contribution in [0, 0.1) is 0 Å². The Morgan fingerprint density at radius 2 is 1.73 bits per heavy atom. The monoisotopic (exact) mass is 209 g/mol. The Morgan fingerprint density at radius 3 is 2.33 bits per heavy atom. The van der Waals surface area contributed by atoms with E-state index in [-0.39, 0.29) is 0 Å². The van der Waals surface area contributed by atoms with Crippen LogP contribution < -0.4 is 0 Å². The quantitative estimate of drug-likeness (QED) is 0.537. The molecule has 1 rings (SSSR count). The van der Waals surface area contributed by atoms with Crippen molar-refractivity contribution in [3.63, 3.8) is 0 Å². The van der Waals surface area contributed by atoms with Crippen LogP contribution in [0.2, 0.25) is 0 Å². The van der Waals surface area contributed by atoms with Crippen LogP contribution in [0.4, 0.5) is 0 Å². The average Bonchev–Trinajstić information content (AvgIpc) is 2.63. The van der Waals surface area contributed by atoms with Gasteiger partial charge in [0.25, 0.3) is 0 Å². The second-order valence-electron chi connectivity index (χ2n) is 4.78. The first-order valence-corrected chi connectivity index (χ1v) is 6.77. The molecule has 15 heavy (non-hydrogen) atoms. The molecule has 0 radical (unpaired) electrons. The highest BCUT2D eigenvalue weighted by Crippen LogP contribution is 2.19. The molecular weight excluding hydrogens is 182 g/mol. The highest BCUT2D eigenvalue weighted by Gasteiger charge is 2.13. The molecule has 1 fully saturated rings. The van der Waals surface area contributed by atoms with Crippen molar-refractivity contribution in [1.29, 1.82) is 0 Å². The lowest BCUT2D eigenvalue weighted by molar-refractivity contribution is 0.377. The Kier molecular flexibility index (Phi) is 6.54. The van der Waals surface area contributed by atoms with Crippen molar-refractivity contribution in [3.05, 3.63) is 12.3 Å². The number of hydrogen-bond donors (Lipinski definition) is 0. The van der Waals surface area contributed by atoms with Crippen molar-refractivity contribution in [1.82, 2.24) is 4.90 Å². The third-order valence-electron chi connectivity index (χ3n) is 3.37. The smallest absolute Gasteiger partial charge is 0.0178 e. The van der Waals surface area contributed by atoms with Crippen molar-refractivity contribution in [2.45, 2.75) is 64.7 Å². The molecule has 0 N–H and O–H groups in total. The van der Waals surface area contributed by atoms with Crippen LogP contribution in [0.5, 0.6) is 0 Å². The molecular formula is C14H27N. The van der Waals surface area contributed by atoms with Crippen molar-refractivity contribution in [2.24, 2.45) is 0 Å². The van der Waals surface area contributed by atoms with Crippen LogP contribution in [0.3, 0.4) is 0 Å². The van der Waals surface area contributed by atoms with Gasteiger partial charge >= 0.3 is 0 Å². The van der Waals surface area contributed by atoms with Crippen LogP contribution in [0.15, 0.2) is 12.3 Å². The molecule has 0 unspecified atom stereocenters. The predicted molar refractivity (Wildman–Crippen MR) is 67.9 cm³/mol. The van der Waals surface area contributed by atoms with Gasteiger partial charge in [0.15, 0.2) is 0 Å². The Balaban J connectivity index is 1.86. The van der Waals surface area contributed by atoms with Crippen LogP contribution >= 0.6 is 0 Å². The van der Waals surface area contributed by atoms with E-state index in [0.29, 0.717) is 0 Å². The third kappa shape index (κ3) is 5.25. The largest absolute Gasteiger partial charge is 0.375 e. The molecule has 1 aliphatic heterocycles. The van der Waals surface area contributed by atoms with E-state index in [0.717, 1.165) is 0 Å². The first kappa shape index (κ1) is 12.6. The van der Waals surface area contributed by atoms with E-state index in [1.807, 2.05) is 0 Å². The molecule has 0 saturated carbocycles. The maximum absolute atomic E-state index is 4.10. The van der Waals surface area contributed by atoms with Gasteiger partial charge in [-0.3, -0.25) is 0 Å². The van der Waals surface area contributed by atoms with Crippen LogP contribution in [-0.2, 0) is 0 Å². The van der Waals surface area contributed by atoms with Crippen LogP contribution in [0.25, 0.3) is 0 Å². The lowest BCUT2D eigenvalue weighted by Crippen LogP contribution is -2.18. The zero-order valence-corrected chi connectivity index (χ0v) is 10.4. The molecule has 0 bridgehead atoms. The summed E-state index contributed by atoms with van der Waals surface area (Å²) < 4.78 is 0. The first-order chi connectivity index (χ1) is 7.34. The van der Waals surface area contributed by atoms with Crippen molar-refractivity contribution in [3.8, 4) is 0 Å². The van der Waals surface area contributed by atoms with Crippen molar-refractivity contribution in [2.75, 3.05) is 13.1 Å². The summed E-state index contributed by atoms with van der Waals surface area (Å²) in [6.07, 6.45) is 12.4. The van der Waals surface area contributed by atoms with E-state index < -0.39 is 0 Å². The highest BCUT2D eigenvalue weighted by molar-refractivity contribution is 4.98. The molecule has 1 heterocycles. The van der Waals surface area contributed by atoms with Gasteiger partial charge in [0.05, 0.1) is 0 Å². The summed E-state index contributed by atoms with van der Waals surface area (Å²) in [4.78, 5) is 2.48. The van der Waals surface area contributed by atoms with E-state index in [4.69, 9.17) is 0 Å². The van der Waals surface area contributed by atoms with Gasteiger partial charge in [0.2, 0.25) is 0 Å². The molecule has 88 valence electrons. The minimum atomic E-state index is 1.23. The van der Waals surface area contributed by atoms with Gasteiger partial charge in [-0.15, -0.1) is 0 Å². The first-order valence-electron chi connectivity index (χ1n) is 6.77. The Hall–Kier alpha value is -0.460. The number of rotatable bonds is 8. The van der Waals surface area contributed by atoms with Gasteiger partial charge in [-0.2, -0.15) is 0 Å². The second kappa shape index (κ2) is 7.78. The minimum absolute atomic E-state index is 1.23. The van der Waals surface area contributed by atoms with E-state index in [2.05, 4.69) is 18.4 Å². The van der Waals surface area contributed by atoms with E-state index >= 15 is 0 Å². The predicted octanol–water partition coefficient (Wildman–Crippen LogP) is 4.35. The van der Waals surface area contributed by atoms with Gasteiger partial charge in [0, 0.05) is 18.8 Å². The fourth-order valence-electron chi connectivity index (χ4n) is 2.32. The number of nitrogens with zero attached hydrogens (tertiary/aromatic N) is 1. The van der Waals surface area contributed by atoms with Gasteiger partial charge in [-0.25, -0.2) is 0 Å². The molecule has 0 spiro atoms. The summed E-state index contributed by atoms with van der Waals surface area (Å²) in [6, 6.07) is 0. The molecule has 1 saturated heterocycles. The van der Waals surface area contributed by atoms with Crippen LogP contribution in [-0.4, -0.2) is 18.0 Å². The number of likely N-dealkylation sites (tertiary alicyclic amines) is 1. The molecule has 0 atom stereocenters. The minimum Gasteiger partial charge on any atom is -0.375 e. The van der Waals surface area contributed by atoms with E-state index in [1.54, 1.807) is 0 Å². The Morgan fingerprint density at radius 1 is 1.07 bits per heavy atom. The number of unbranched alkanes of at least 4 members (excludes halogenated alkanes) is 6. The fourth-order valence-corrected chi connectivity index (χ4v) is 2.32. The van der Waals surface area contributed by atoms with Crippen molar-refractivity contribution < 1.29 is 0 Å². The maximum atomic E-state index is 4.10. The second-order valence-corrected chi connectivity index (χ2v) is 4.78. The molecule has 0 aromatic heterocycles. The topological polar surface area (TPSA) is 3.24 Å². The van der Waals surface area contributed by atoms with E-state index in [9.17, 15) is 0 Å². The number of hydrogen-bond acceptors (Lipinski definition) is 1.